The molecule has 0 radical (unpaired) electrons. The van der Waals surface area contributed by atoms with E-state index in [0.717, 1.165) is 70.8 Å². The molecule has 226 valence electrons. The number of halogens is 2. The number of hydrogen-bond donors (Lipinski definition) is 2. The standard InChI is InChI=1S/C33H37Cl2N5O3/c1-4-14-36-33(42)24-18-26-29(20-28(24)39-16-12-21(2)13-17-39)38(3)31(37-26)19-23-25(34)10-8-22(32(23)35)9-11-30(41)27-7-5-6-15-40(27)43/h5-8,10,15,18,20-21H,4,9,11-14,16-17,19H2,1-3H3,(H-,36,41,42,43)/p+1. The Bertz CT molecular complexity index is 1660. The Labute approximate surface area is 262 Å². The number of fused-ring (bicyclic) bond motifs is 1. The lowest BCUT2D eigenvalue weighted by Gasteiger charge is -2.33. The molecular weight excluding hydrogens is 585 g/mol. The lowest BCUT2D eigenvalue weighted by Crippen LogP contribution is -2.37. The van der Waals surface area contributed by atoms with Crippen molar-refractivity contribution in [2.75, 3.05) is 24.5 Å². The van der Waals surface area contributed by atoms with E-state index in [1.807, 2.05) is 30.7 Å². The third kappa shape index (κ3) is 6.65. The Morgan fingerprint density at radius 2 is 1.91 bits per heavy atom. The zero-order valence-corrected chi connectivity index (χ0v) is 26.4. The van der Waals surface area contributed by atoms with Crippen LogP contribution in [-0.2, 0) is 19.9 Å². The molecule has 0 atom stereocenters. The van der Waals surface area contributed by atoms with Gasteiger partial charge in [0.15, 0.2) is 0 Å². The minimum Gasteiger partial charge on any atom is -0.371 e. The molecule has 1 aliphatic rings. The highest BCUT2D eigenvalue weighted by Crippen LogP contribution is 2.34. The van der Waals surface area contributed by atoms with Gasteiger partial charge < -0.3 is 14.8 Å². The molecule has 2 N–H and O–H groups in total. The smallest absolute Gasteiger partial charge is 0.299 e. The van der Waals surface area contributed by atoms with Gasteiger partial charge in [-0.15, -0.1) is 0 Å². The number of nitrogens with zero attached hydrogens (tertiary/aromatic N) is 4. The summed E-state index contributed by atoms with van der Waals surface area (Å²) < 4.78 is 2.87. The van der Waals surface area contributed by atoms with Crippen molar-refractivity contribution in [2.24, 2.45) is 13.0 Å². The van der Waals surface area contributed by atoms with Crippen LogP contribution in [0.2, 0.25) is 10.0 Å². The van der Waals surface area contributed by atoms with Crippen LogP contribution in [0, 0.1) is 5.92 Å². The number of aryl methyl sites for hydroxylation is 2. The molecule has 2 aromatic carbocycles. The molecule has 0 saturated carbocycles. The molecule has 0 unspecified atom stereocenters. The normalized spacial score (nSPS) is 13.9. The topological polar surface area (TPSA) is 91.3 Å². The van der Waals surface area contributed by atoms with Crippen LogP contribution in [0.1, 0.15) is 77.3 Å². The van der Waals surface area contributed by atoms with Crippen molar-refractivity contribution >= 4 is 51.6 Å². The quantitative estimate of drug-likeness (QED) is 0.125. The second-order valence-corrected chi connectivity index (χ2v) is 12.2. The number of benzene rings is 2. The maximum absolute atomic E-state index is 13.3. The summed E-state index contributed by atoms with van der Waals surface area (Å²) in [5, 5.41) is 14.0. The monoisotopic (exact) mass is 622 g/mol. The molecule has 1 fully saturated rings. The van der Waals surface area contributed by atoms with Crippen LogP contribution in [0.25, 0.3) is 11.0 Å². The number of hydrogen-bond acceptors (Lipinski definition) is 5. The van der Waals surface area contributed by atoms with E-state index in [0.29, 0.717) is 40.9 Å². The maximum atomic E-state index is 13.3. The fourth-order valence-corrected chi connectivity index (χ4v) is 6.25. The zero-order chi connectivity index (χ0) is 30.7. The summed E-state index contributed by atoms with van der Waals surface area (Å²) >= 11 is 13.5. The van der Waals surface area contributed by atoms with E-state index in [2.05, 4.69) is 23.2 Å². The van der Waals surface area contributed by atoms with Gasteiger partial charge in [0.2, 0.25) is 12.0 Å². The minimum atomic E-state index is -0.191. The van der Waals surface area contributed by atoms with Crippen LogP contribution in [0.5, 0.6) is 0 Å². The second kappa shape index (κ2) is 13.3. The van der Waals surface area contributed by atoms with E-state index in [4.69, 9.17) is 28.2 Å². The number of imidazole rings is 1. The van der Waals surface area contributed by atoms with Crippen molar-refractivity contribution in [3.8, 4) is 0 Å². The molecule has 0 spiro atoms. The zero-order valence-electron chi connectivity index (χ0n) is 24.9. The molecule has 1 aliphatic heterocycles. The Hall–Kier alpha value is -3.62. The van der Waals surface area contributed by atoms with Crippen LogP contribution >= 0.6 is 23.2 Å². The first kappa shape index (κ1) is 30.8. The molecule has 2 aromatic heterocycles. The number of carbonyl (C=O) groups excluding carboxylic acids is 2. The summed E-state index contributed by atoms with van der Waals surface area (Å²) in [6, 6.07) is 12.6. The Morgan fingerprint density at radius 3 is 2.63 bits per heavy atom. The Balaban J connectivity index is 1.44. The van der Waals surface area contributed by atoms with Crippen LogP contribution < -0.4 is 14.9 Å². The minimum absolute atomic E-state index is 0.0832. The van der Waals surface area contributed by atoms with E-state index in [1.165, 1.54) is 6.20 Å². The average Bonchev–Trinajstić information content (AvgIpc) is 3.31. The number of pyridine rings is 1. The van der Waals surface area contributed by atoms with E-state index in [1.54, 1.807) is 24.3 Å². The number of anilines is 1. The predicted octanol–water partition coefficient (Wildman–Crippen LogP) is 6.19. The summed E-state index contributed by atoms with van der Waals surface area (Å²) in [4.78, 5) is 33.2. The summed E-state index contributed by atoms with van der Waals surface area (Å²) in [5.74, 6) is 1.17. The lowest BCUT2D eigenvalue weighted by atomic mass is 9.97. The van der Waals surface area contributed by atoms with Gasteiger partial charge in [-0.2, -0.15) is 0 Å². The van der Waals surface area contributed by atoms with Crippen molar-refractivity contribution in [2.45, 2.75) is 52.4 Å². The van der Waals surface area contributed by atoms with E-state index in [-0.39, 0.29) is 23.8 Å². The van der Waals surface area contributed by atoms with E-state index in [9.17, 15) is 14.8 Å². The highest BCUT2D eigenvalue weighted by Gasteiger charge is 2.25. The van der Waals surface area contributed by atoms with Gasteiger partial charge in [-0.05, 0) is 67.0 Å². The first-order chi connectivity index (χ1) is 20.7. The first-order valence-electron chi connectivity index (χ1n) is 14.9. The number of rotatable bonds is 10. The number of piperidine rings is 1. The summed E-state index contributed by atoms with van der Waals surface area (Å²) in [6.45, 7) is 6.76. The summed E-state index contributed by atoms with van der Waals surface area (Å²) in [6.07, 6.45) is 5.43. The Morgan fingerprint density at radius 1 is 1.14 bits per heavy atom. The van der Waals surface area contributed by atoms with Crippen LogP contribution in [-0.4, -0.2) is 46.1 Å². The number of Topliss-reactive ketones (excluding diaryl/α,β-unsaturated/α-hetero) is 1. The molecule has 3 heterocycles. The molecule has 1 saturated heterocycles. The van der Waals surface area contributed by atoms with Crippen LogP contribution in [0.3, 0.4) is 0 Å². The third-order valence-corrected chi connectivity index (χ3v) is 9.17. The fourth-order valence-electron chi connectivity index (χ4n) is 5.65. The van der Waals surface area contributed by atoms with Gasteiger partial charge in [0, 0.05) is 66.4 Å². The number of aromatic nitrogens is 3. The predicted molar refractivity (Wildman–Crippen MR) is 170 cm³/mol. The van der Waals surface area contributed by atoms with Gasteiger partial charge in [0.05, 0.1) is 22.3 Å². The van der Waals surface area contributed by atoms with Gasteiger partial charge in [-0.25, -0.2) is 4.98 Å². The number of nitrogens with one attached hydrogen (secondary N) is 1. The lowest BCUT2D eigenvalue weighted by molar-refractivity contribution is -0.905. The molecule has 0 aliphatic carbocycles. The first-order valence-corrected chi connectivity index (χ1v) is 15.6. The van der Waals surface area contributed by atoms with Crippen molar-refractivity contribution in [3.63, 3.8) is 0 Å². The summed E-state index contributed by atoms with van der Waals surface area (Å²) in [7, 11) is 1.97. The van der Waals surface area contributed by atoms with Crippen LogP contribution in [0.4, 0.5) is 5.69 Å². The average molecular weight is 624 g/mol. The largest absolute Gasteiger partial charge is 0.371 e. The maximum Gasteiger partial charge on any atom is 0.299 e. The molecule has 8 nitrogen and oxygen atoms in total. The van der Waals surface area contributed by atoms with Gasteiger partial charge in [-0.3, -0.25) is 14.8 Å². The van der Waals surface area contributed by atoms with Gasteiger partial charge >= 0.3 is 0 Å². The second-order valence-electron chi connectivity index (χ2n) is 11.4. The third-order valence-electron chi connectivity index (χ3n) is 8.34. The molecule has 43 heavy (non-hydrogen) atoms. The fraction of sp³-hybridized carbons (Fsp3) is 0.394. The number of carbonyl (C=O) groups is 2. The Kier molecular flexibility index (Phi) is 9.57. The van der Waals surface area contributed by atoms with Crippen molar-refractivity contribution in [1.82, 2.24) is 14.9 Å². The molecule has 4 aromatic rings. The van der Waals surface area contributed by atoms with Gasteiger partial charge in [0.25, 0.3) is 11.6 Å². The highest BCUT2D eigenvalue weighted by molar-refractivity contribution is 6.36. The van der Waals surface area contributed by atoms with Gasteiger partial charge in [0.1, 0.15) is 5.82 Å². The number of ketones is 1. The molecule has 0 bridgehead atoms. The summed E-state index contributed by atoms with van der Waals surface area (Å²) in [5.41, 5.74) is 5.00. The van der Waals surface area contributed by atoms with E-state index < -0.39 is 0 Å². The van der Waals surface area contributed by atoms with Crippen molar-refractivity contribution < 1.29 is 19.5 Å². The van der Waals surface area contributed by atoms with Crippen molar-refractivity contribution in [1.29, 1.82) is 0 Å². The molecule has 10 heteroatoms. The number of amides is 1. The van der Waals surface area contributed by atoms with E-state index >= 15 is 0 Å². The van der Waals surface area contributed by atoms with Crippen molar-refractivity contribution in [3.05, 3.63) is 86.9 Å². The SMILES string of the molecule is CCCNC(=O)c1cc2nc(Cc3c(Cl)ccc(CCC(=O)c4cccc[n+]4O)c3Cl)n(C)c2cc1N1CCC(C)CC1. The van der Waals surface area contributed by atoms with Gasteiger partial charge in [-0.1, -0.05) is 43.1 Å². The molecular formula is C33H38Cl2N5O3+. The molecule has 5 rings (SSSR count). The molecule has 1 amide bonds. The van der Waals surface area contributed by atoms with Crippen LogP contribution in [0.15, 0.2) is 48.7 Å². The highest BCUT2D eigenvalue weighted by atomic mass is 35.5.